The number of hydrogen-bond donors (Lipinski definition) is 0. The first-order valence-corrected chi connectivity index (χ1v) is 6.20. The lowest BCUT2D eigenvalue weighted by atomic mass is 10.2. The highest BCUT2D eigenvalue weighted by molar-refractivity contribution is 9.09. The number of aromatic nitrogens is 1. The molecule has 6 nitrogen and oxygen atoms in total. The van der Waals surface area contributed by atoms with Crippen molar-refractivity contribution in [1.29, 1.82) is 0 Å². The Kier molecular flexibility index (Phi) is 3.37. The normalized spacial score (nSPS) is 19.7. The first-order chi connectivity index (χ1) is 8.11. The number of anilines is 1. The van der Waals surface area contributed by atoms with E-state index in [4.69, 9.17) is 0 Å². The number of halogens is 1. The SMILES string of the molecule is O=C1CC(CBr)CN1c1ccc([N+](=O)[O-])cn1. The topological polar surface area (TPSA) is 76.3 Å². The molecule has 2 rings (SSSR count). The first kappa shape index (κ1) is 12.0. The number of nitro groups is 1. The molecular formula is C10H10BrN3O3. The van der Waals surface area contributed by atoms with Gasteiger partial charge >= 0.3 is 0 Å². The van der Waals surface area contributed by atoms with E-state index in [1.54, 1.807) is 4.90 Å². The number of carbonyl (C=O) groups is 1. The summed E-state index contributed by atoms with van der Waals surface area (Å²) in [5.41, 5.74) is -0.0718. The van der Waals surface area contributed by atoms with E-state index in [1.165, 1.54) is 18.3 Å². The highest BCUT2D eigenvalue weighted by Gasteiger charge is 2.30. The predicted molar refractivity (Wildman–Crippen MR) is 65.1 cm³/mol. The third kappa shape index (κ3) is 2.44. The molecule has 1 aromatic heterocycles. The molecule has 1 aliphatic heterocycles. The summed E-state index contributed by atoms with van der Waals surface area (Å²) in [5, 5.41) is 11.2. The minimum absolute atomic E-state index is 0.0100. The maximum Gasteiger partial charge on any atom is 0.287 e. The molecule has 1 amide bonds. The molecule has 1 aliphatic rings. The molecule has 7 heteroatoms. The number of nitrogens with zero attached hydrogens (tertiary/aromatic N) is 3. The summed E-state index contributed by atoms with van der Waals surface area (Å²) in [4.78, 5) is 27.2. The van der Waals surface area contributed by atoms with E-state index in [0.717, 1.165) is 5.33 Å². The van der Waals surface area contributed by atoms with Gasteiger partial charge in [0.05, 0.1) is 4.92 Å². The van der Waals surface area contributed by atoms with E-state index >= 15 is 0 Å². The van der Waals surface area contributed by atoms with Crippen molar-refractivity contribution < 1.29 is 9.72 Å². The van der Waals surface area contributed by atoms with Gasteiger partial charge in [0, 0.05) is 24.4 Å². The molecule has 90 valence electrons. The van der Waals surface area contributed by atoms with Crippen molar-refractivity contribution in [2.75, 3.05) is 16.8 Å². The highest BCUT2D eigenvalue weighted by atomic mass is 79.9. The Morgan fingerprint density at radius 2 is 2.35 bits per heavy atom. The summed E-state index contributed by atoms with van der Waals surface area (Å²) >= 11 is 3.35. The maximum atomic E-state index is 11.7. The lowest BCUT2D eigenvalue weighted by Gasteiger charge is -2.14. The van der Waals surface area contributed by atoms with E-state index < -0.39 is 4.92 Å². The summed E-state index contributed by atoms with van der Waals surface area (Å²) in [6.45, 7) is 0.606. The molecule has 0 spiro atoms. The van der Waals surface area contributed by atoms with Crippen LogP contribution in [0.5, 0.6) is 0 Å². The molecule has 1 atom stereocenters. The fraction of sp³-hybridized carbons (Fsp3) is 0.400. The molecule has 1 aromatic rings. The Morgan fingerprint density at radius 1 is 1.59 bits per heavy atom. The molecule has 17 heavy (non-hydrogen) atoms. The molecule has 0 radical (unpaired) electrons. The fourth-order valence-corrected chi connectivity index (χ4v) is 2.19. The van der Waals surface area contributed by atoms with Gasteiger partial charge in [0.25, 0.3) is 5.69 Å². The van der Waals surface area contributed by atoms with Gasteiger partial charge in [0.1, 0.15) is 12.0 Å². The van der Waals surface area contributed by atoms with Crippen LogP contribution in [0.4, 0.5) is 11.5 Å². The van der Waals surface area contributed by atoms with Crippen LogP contribution < -0.4 is 4.90 Å². The number of carbonyl (C=O) groups excluding carboxylic acids is 1. The summed E-state index contributed by atoms with van der Waals surface area (Å²) in [7, 11) is 0. The molecule has 2 heterocycles. The summed E-state index contributed by atoms with van der Waals surface area (Å²) < 4.78 is 0. The molecule has 1 unspecified atom stereocenters. The van der Waals surface area contributed by atoms with Crippen LogP contribution in [0.1, 0.15) is 6.42 Å². The van der Waals surface area contributed by atoms with Gasteiger partial charge in [0.15, 0.2) is 0 Å². The average Bonchev–Trinajstić information content (AvgIpc) is 2.71. The molecule has 1 saturated heterocycles. The Bertz CT molecular complexity index is 449. The lowest BCUT2D eigenvalue weighted by molar-refractivity contribution is -0.385. The quantitative estimate of drug-likeness (QED) is 0.484. The van der Waals surface area contributed by atoms with Gasteiger partial charge in [-0.3, -0.25) is 19.8 Å². The zero-order valence-corrected chi connectivity index (χ0v) is 10.5. The predicted octanol–water partition coefficient (Wildman–Crippen LogP) is 1.74. The van der Waals surface area contributed by atoms with Crippen LogP contribution in [0.2, 0.25) is 0 Å². The van der Waals surface area contributed by atoms with Crippen molar-refractivity contribution in [3.05, 3.63) is 28.4 Å². The summed E-state index contributed by atoms with van der Waals surface area (Å²) in [6.07, 6.45) is 1.66. The van der Waals surface area contributed by atoms with Crippen LogP contribution in [0.3, 0.4) is 0 Å². The monoisotopic (exact) mass is 299 g/mol. The zero-order chi connectivity index (χ0) is 12.4. The molecule has 0 bridgehead atoms. The largest absolute Gasteiger partial charge is 0.296 e. The number of pyridine rings is 1. The molecule has 0 N–H and O–H groups in total. The average molecular weight is 300 g/mol. The Labute approximate surface area is 106 Å². The van der Waals surface area contributed by atoms with Gasteiger partial charge in [-0.1, -0.05) is 15.9 Å². The van der Waals surface area contributed by atoms with Gasteiger partial charge in [-0.25, -0.2) is 4.98 Å². The van der Waals surface area contributed by atoms with Gasteiger partial charge in [-0.15, -0.1) is 0 Å². The Hall–Kier alpha value is -1.50. The third-order valence-electron chi connectivity index (χ3n) is 2.64. The highest BCUT2D eigenvalue weighted by Crippen LogP contribution is 2.25. The van der Waals surface area contributed by atoms with Crippen molar-refractivity contribution in [1.82, 2.24) is 4.98 Å². The summed E-state index contributed by atoms with van der Waals surface area (Å²) in [5.74, 6) is 0.763. The molecular weight excluding hydrogens is 290 g/mol. The molecule has 0 aromatic carbocycles. The van der Waals surface area contributed by atoms with Gasteiger partial charge in [-0.05, 0) is 12.0 Å². The van der Waals surface area contributed by atoms with Crippen molar-refractivity contribution in [3.63, 3.8) is 0 Å². The lowest BCUT2D eigenvalue weighted by Crippen LogP contribution is -2.25. The van der Waals surface area contributed by atoms with Crippen molar-refractivity contribution in [3.8, 4) is 0 Å². The van der Waals surface area contributed by atoms with Crippen LogP contribution in [0.15, 0.2) is 18.3 Å². The van der Waals surface area contributed by atoms with E-state index in [0.29, 0.717) is 18.8 Å². The van der Waals surface area contributed by atoms with Crippen molar-refractivity contribution in [2.45, 2.75) is 6.42 Å². The smallest absolute Gasteiger partial charge is 0.287 e. The van der Waals surface area contributed by atoms with Crippen LogP contribution >= 0.6 is 15.9 Å². The fourth-order valence-electron chi connectivity index (χ4n) is 1.75. The molecule has 1 fully saturated rings. The van der Waals surface area contributed by atoms with Crippen molar-refractivity contribution in [2.24, 2.45) is 5.92 Å². The van der Waals surface area contributed by atoms with E-state index in [-0.39, 0.29) is 17.5 Å². The minimum atomic E-state index is -0.510. The second-order valence-electron chi connectivity index (χ2n) is 3.86. The number of hydrogen-bond acceptors (Lipinski definition) is 4. The second kappa shape index (κ2) is 4.79. The van der Waals surface area contributed by atoms with Crippen LogP contribution in [0, 0.1) is 16.0 Å². The van der Waals surface area contributed by atoms with E-state index in [9.17, 15) is 14.9 Å². The number of alkyl halides is 1. The Morgan fingerprint density at radius 3 is 2.82 bits per heavy atom. The Balaban J connectivity index is 2.18. The molecule has 0 aliphatic carbocycles. The van der Waals surface area contributed by atoms with Gasteiger partial charge in [-0.2, -0.15) is 0 Å². The maximum absolute atomic E-state index is 11.7. The van der Waals surface area contributed by atoms with E-state index in [1.807, 2.05) is 0 Å². The van der Waals surface area contributed by atoms with Crippen LogP contribution in [-0.4, -0.2) is 27.7 Å². The van der Waals surface area contributed by atoms with Gasteiger partial charge in [0.2, 0.25) is 5.91 Å². The first-order valence-electron chi connectivity index (χ1n) is 5.08. The number of rotatable bonds is 3. The molecule has 0 saturated carbocycles. The van der Waals surface area contributed by atoms with Gasteiger partial charge < -0.3 is 0 Å². The standard InChI is InChI=1S/C10H10BrN3O3/c11-4-7-3-10(15)13(6-7)9-2-1-8(5-12-9)14(16)17/h1-2,5,7H,3-4,6H2. The summed E-state index contributed by atoms with van der Waals surface area (Å²) in [6, 6.07) is 2.86. The third-order valence-corrected chi connectivity index (χ3v) is 3.56. The minimum Gasteiger partial charge on any atom is -0.296 e. The number of amides is 1. The second-order valence-corrected chi connectivity index (χ2v) is 4.51. The van der Waals surface area contributed by atoms with Crippen LogP contribution in [0.25, 0.3) is 0 Å². The van der Waals surface area contributed by atoms with E-state index in [2.05, 4.69) is 20.9 Å². The van der Waals surface area contributed by atoms with Crippen molar-refractivity contribution >= 4 is 33.3 Å². The zero-order valence-electron chi connectivity index (χ0n) is 8.88. The van der Waals surface area contributed by atoms with Crippen LogP contribution in [-0.2, 0) is 4.79 Å².